The lowest BCUT2D eigenvalue weighted by atomic mass is 9.79. The van der Waals surface area contributed by atoms with E-state index < -0.39 is 28.2 Å². The van der Waals surface area contributed by atoms with Crippen LogP contribution in [0, 0.1) is 5.92 Å². The summed E-state index contributed by atoms with van der Waals surface area (Å²) in [6.07, 6.45) is 0. The highest BCUT2D eigenvalue weighted by Gasteiger charge is 2.52. The van der Waals surface area contributed by atoms with E-state index in [1.54, 1.807) is 18.2 Å². The van der Waals surface area contributed by atoms with Gasteiger partial charge in [-0.15, -0.1) is 0 Å². The van der Waals surface area contributed by atoms with Gasteiger partial charge in [0.25, 0.3) is 0 Å². The van der Waals surface area contributed by atoms with Crippen molar-refractivity contribution in [2.45, 2.75) is 58.5 Å². The molecule has 1 aliphatic heterocycles. The highest BCUT2D eigenvalue weighted by Crippen LogP contribution is 2.37. The minimum atomic E-state index is -3.14. The fourth-order valence-corrected chi connectivity index (χ4v) is 4.76. The molecule has 0 aromatic heterocycles. The molecule has 1 fully saturated rings. The fraction of sp³-hybridized carbons (Fsp3) is 0.647. The summed E-state index contributed by atoms with van der Waals surface area (Å²) in [6, 6.07) is 5.27. The first-order chi connectivity index (χ1) is 10.8. The molecule has 0 atom stereocenters. The molecule has 1 aliphatic rings. The molecule has 4 nitrogen and oxygen atoms in total. The highest BCUT2D eigenvalue weighted by atomic mass is 35.5. The van der Waals surface area contributed by atoms with Crippen molar-refractivity contribution >= 4 is 34.0 Å². The van der Waals surface area contributed by atoms with Gasteiger partial charge in [-0.05, 0) is 45.2 Å². The van der Waals surface area contributed by atoms with Gasteiger partial charge >= 0.3 is 7.12 Å². The van der Waals surface area contributed by atoms with Crippen LogP contribution in [-0.4, -0.2) is 32.5 Å². The first-order valence-electron chi connectivity index (χ1n) is 8.17. The molecule has 0 bridgehead atoms. The highest BCUT2D eigenvalue weighted by molar-refractivity contribution is 7.90. The number of benzene rings is 1. The Morgan fingerprint density at radius 1 is 1.12 bits per heavy atom. The Hall–Kier alpha value is -0.555. The van der Waals surface area contributed by atoms with E-state index in [1.807, 2.05) is 41.5 Å². The average molecular weight is 373 g/mol. The third-order valence-corrected chi connectivity index (χ3v) is 6.82. The number of hydrogen-bond donors (Lipinski definition) is 0. The first-order valence-corrected chi connectivity index (χ1v) is 10.4. The van der Waals surface area contributed by atoms with Gasteiger partial charge in [-0.3, -0.25) is 0 Å². The third-order valence-electron chi connectivity index (χ3n) is 4.55. The maximum atomic E-state index is 12.1. The standard InChI is InChI=1S/C17H26BClO4S/c1-12(2)10-24(20,21)11-13-7-8-14(15(19)9-13)18-22-16(3,4)17(5,6)23-18/h7-9,12H,10-11H2,1-6H3. The maximum Gasteiger partial charge on any atom is 0.496 e. The van der Waals surface area contributed by atoms with Crippen molar-refractivity contribution in [1.29, 1.82) is 0 Å². The molecule has 0 unspecified atom stereocenters. The van der Waals surface area contributed by atoms with Crippen LogP contribution in [0.1, 0.15) is 47.1 Å². The van der Waals surface area contributed by atoms with Gasteiger partial charge in [-0.25, -0.2) is 8.42 Å². The van der Waals surface area contributed by atoms with Crippen LogP contribution in [0.2, 0.25) is 5.02 Å². The second kappa shape index (κ2) is 6.63. The molecule has 0 N–H and O–H groups in total. The van der Waals surface area contributed by atoms with Gasteiger partial charge in [-0.1, -0.05) is 37.6 Å². The predicted octanol–water partition coefficient (Wildman–Crippen LogP) is 3.21. The van der Waals surface area contributed by atoms with Crippen LogP contribution in [-0.2, 0) is 24.9 Å². The molecule has 134 valence electrons. The lowest BCUT2D eigenvalue weighted by Gasteiger charge is -2.32. The Balaban J connectivity index is 2.20. The van der Waals surface area contributed by atoms with E-state index in [0.717, 1.165) is 5.46 Å². The van der Waals surface area contributed by atoms with Crippen LogP contribution in [0.15, 0.2) is 18.2 Å². The van der Waals surface area contributed by atoms with Crippen LogP contribution >= 0.6 is 11.6 Å². The summed E-state index contributed by atoms with van der Waals surface area (Å²) >= 11 is 6.38. The number of halogens is 1. The van der Waals surface area contributed by atoms with Gasteiger partial charge in [0.2, 0.25) is 0 Å². The molecule has 0 amide bonds. The van der Waals surface area contributed by atoms with Gasteiger partial charge in [0.1, 0.15) is 0 Å². The van der Waals surface area contributed by atoms with Gasteiger partial charge < -0.3 is 9.31 Å². The third kappa shape index (κ3) is 4.34. The molecule has 2 rings (SSSR count). The zero-order chi connectivity index (χ0) is 18.3. The Bertz CT molecular complexity index is 697. The Labute approximate surface area is 150 Å². The normalized spacial score (nSPS) is 19.9. The molecule has 1 aromatic carbocycles. The number of hydrogen-bond acceptors (Lipinski definition) is 4. The molecule has 1 aromatic rings. The Morgan fingerprint density at radius 3 is 2.12 bits per heavy atom. The summed E-state index contributed by atoms with van der Waals surface area (Å²) < 4.78 is 36.3. The second-order valence-electron chi connectivity index (χ2n) is 7.89. The topological polar surface area (TPSA) is 52.6 Å². The van der Waals surface area contributed by atoms with E-state index in [9.17, 15) is 8.42 Å². The van der Waals surface area contributed by atoms with Gasteiger partial charge in [-0.2, -0.15) is 0 Å². The van der Waals surface area contributed by atoms with Crippen molar-refractivity contribution in [2.75, 3.05) is 5.75 Å². The zero-order valence-electron chi connectivity index (χ0n) is 15.2. The smallest absolute Gasteiger partial charge is 0.399 e. The summed E-state index contributed by atoms with van der Waals surface area (Å²) in [7, 11) is -3.69. The van der Waals surface area contributed by atoms with Crippen LogP contribution in [0.3, 0.4) is 0 Å². The number of rotatable bonds is 5. The summed E-state index contributed by atoms with van der Waals surface area (Å²) in [6.45, 7) is 11.7. The van der Waals surface area contributed by atoms with Gasteiger partial charge in [0, 0.05) is 10.5 Å². The fourth-order valence-electron chi connectivity index (χ4n) is 2.64. The summed E-state index contributed by atoms with van der Waals surface area (Å²) in [5.41, 5.74) is 0.516. The maximum absolute atomic E-state index is 12.1. The van der Waals surface area contributed by atoms with Gasteiger partial charge in [0.05, 0.1) is 22.7 Å². The van der Waals surface area contributed by atoms with Crippen LogP contribution in [0.25, 0.3) is 0 Å². The van der Waals surface area contributed by atoms with E-state index in [0.29, 0.717) is 10.6 Å². The minimum Gasteiger partial charge on any atom is -0.399 e. The lowest BCUT2D eigenvalue weighted by molar-refractivity contribution is 0.00578. The molecule has 7 heteroatoms. The molecule has 24 heavy (non-hydrogen) atoms. The predicted molar refractivity (Wildman–Crippen MR) is 99.5 cm³/mol. The lowest BCUT2D eigenvalue weighted by Crippen LogP contribution is -2.41. The molecule has 0 saturated carbocycles. The molecule has 1 heterocycles. The number of sulfone groups is 1. The van der Waals surface area contributed by atoms with E-state index >= 15 is 0 Å². The van der Waals surface area contributed by atoms with Crippen LogP contribution < -0.4 is 5.46 Å². The van der Waals surface area contributed by atoms with E-state index in [-0.39, 0.29) is 17.4 Å². The Kier molecular flexibility index (Phi) is 5.46. The average Bonchev–Trinajstić information content (AvgIpc) is 2.55. The quantitative estimate of drug-likeness (QED) is 0.745. The minimum absolute atomic E-state index is 0.00541. The van der Waals surface area contributed by atoms with Crippen molar-refractivity contribution in [3.8, 4) is 0 Å². The van der Waals surface area contributed by atoms with Crippen molar-refractivity contribution in [1.82, 2.24) is 0 Å². The molecular weight excluding hydrogens is 347 g/mol. The molecular formula is C17H26BClO4S. The van der Waals surface area contributed by atoms with E-state index in [1.165, 1.54) is 0 Å². The summed E-state index contributed by atoms with van der Waals surface area (Å²) in [4.78, 5) is 0. The van der Waals surface area contributed by atoms with Crippen LogP contribution in [0.4, 0.5) is 0 Å². The van der Waals surface area contributed by atoms with Crippen molar-refractivity contribution in [3.63, 3.8) is 0 Å². The molecule has 0 radical (unpaired) electrons. The second-order valence-corrected chi connectivity index (χ2v) is 10.4. The van der Waals surface area contributed by atoms with Gasteiger partial charge in [0.15, 0.2) is 9.84 Å². The zero-order valence-corrected chi connectivity index (χ0v) is 16.8. The van der Waals surface area contributed by atoms with E-state index in [4.69, 9.17) is 20.9 Å². The van der Waals surface area contributed by atoms with Crippen molar-refractivity contribution in [3.05, 3.63) is 28.8 Å². The molecule has 1 saturated heterocycles. The Morgan fingerprint density at radius 2 is 1.67 bits per heavy atom. The SMILES string of the molecule is CC(C)CS(=O)(=O)Cc1ccc(B2OC(C)(C)C(C)(C)O2)c(Cl)c1. The van der Waals surface area contributed by atoms with E-state index in [2.05, 4.69) is 0 Å². The monoisotopic (exact) mass is 372 g/mol. The van der Waals surface area contributed by atoms with Crippen molar-refractivity contribution < 1.29 is 17.7 Å². The molecule has 0 spiro atoms. The van der Waals surface area contributed by atoms with Crippen molar-refractivity contribution in [2.24, 2.45) is 5.92 Å². The molecule has 0 aliphatic carbocycles. The first kappa shape index (κ1) is 19.8. The summed E-state index contributed by atoms with van der Waals surface area (Å²) in [5, 5.41) is 0.464. The van der Waals surface area contributed by atoms with Crippen LogP contribution in [0.5, 0.6) is 0 Å². The largest absolute Gasteiger partial charge is 0.496 e. The summed E-state index contributed by atoms with van der Waals surface area (Å²) in [5.74, 6) is 0.271.